The van der Waals surface area contributed by atoms with Gasteiger partial charge in [0.1, 0.15) is 6.61 Å². The molecule has 1 unspecified atom stereocenters. The maximum atomic E-state index is 12.8. The van der Waals surface area contributed by atoms with Crippen molar-refractivity contribution in [1.29, 1.82) is 0 Å². The summed E-state index contributed by atoms with van der Waals surface area (Å²) in [6.45, 7) is 7.71. The van der Waals surface area contributed by atoms with E-state index in [1.165, 1.54) is 154 Å². The standard InChI is InChI=1S/C55H100O5/c1-4-7-10-13-16-19-22-25-26-27-28-29-32-35-38-41-44-47-50-58-51-53(60-55(57)49-46-43-40-37-34-31-24-21-18-15-12-9-6-3)52-59-54(56)48-45-42-39-36-33-30-23-20-17-14-11-8-5-2/h11-12,14-15,20-21,23-24,53H,4-10,13,16-19,22,25-52H2,1-3H3/b14-11-,15-12-,23-20-,24-21-. The molecule has 0 aliphatic carbocycles. The maximum Gasteiger partial charge on any atom is 0.306 e. The van der Waals surface area contributed by atoms with Gasteiger partial charge in [0.25, 0.3) is 0 Å². The molecule has 0 aromatic rings. The average molecular weight is 841 g/mol. The number of carbonyl (C=O) groups is 2. The van der Waals surface area contributed by atoms with Crippen LogP contribution in [-0.4, -0.2) is 37.9 Å². The molecule has 350 valence electrons. The molecule has 5 heteroatoms. The molecule has 60 heavy (non-hydrogen) atoms. The molecular formula is C55H100O5. The van der Waals surface area contributed by atoms with Crippen molar-refractivity contribution in [2.45, 2.75) is 271 Å². The Morgan fingerprint density at radius 3 is 1.17 bits per heavy atom. The summed E-state index contributed by atoms with van der Waals surface area (Å²) in [5.41, 5.74) is 0. The summed E-state index contributed by atoms with van der Waals surface area (Å²) in [5, 5.41) is 0. The van der Waals surface area contributed by atoms with Gasteiger partial charge in [0.2, 0.25) is 0 Å². The summed E-state index contributed by atoms with van der Waals surface area (Å²) in [4.78, 5) is 25.4. The van der Waals surface area contributed by atoms with E-state index >= 15 is 0 Å². The number of allylic oxidation sites excluding steroid dienone is 8. The number of rotatable bonds is 48. The van der Waals surface area contributed by atoms with Crippen LogP contribution >= 0.6 is 0 Å². The van der Waals surface area contributed by atoms with Crippen LogP contribution in [0.25, 0.3) is 0 Å². The molecule has 0 heterocycles. The van der Waals surface area contributed by atoms with E-state index in [2.05, 4.69) is 69.4 Å². The Morgan fingerprint density at radius 2 is 0.733 bits per heavy atom. The fraction of sp³-hybridized carbons (Fsp3) is 0.818. The van der Waals surface area contributed by atoms with Crippen molar-refractivity contribution < 1.29 is 23.8 Å². The Morgan fingerprint density at radius 1 is 0.367 bits per heavy atom. The number of carbonyl (C=O) groups excluding carboxylic acids is 2. The lowest BCUT2D eigenvalue weighted by Gasteiger charge is -2.18. The predicted molar refractivity (Wildman–Crippen MR) is 261 cm³/mol. The van der Waals surface area contributed by atoms with Crippen LogP contribution in [0.3, 0.4) is 0 Å². The fourth-order valence-corrected chi connectivity index (χ4v) is 7.41. The van der Waals surface area contributed by atoms with Crippen molar-refractivity contribution in [1.82, 2.24) is 0 Å². The first-order valence-electron chi connectivity index (χ1n) is 26.2. The first kappa shape index (κ1) is 57.9. The van der Waals surface area contributed by atoms with E-state index in [9.17, 15) is 9.59 Å². The summed E-state index contributed by atoms with van der Waals surface area (Å²) < 4.78 is 17.4. The predicted octanol–water partition coefficient (Wildman–Crippen LogP) is 17.6. The minimum Gasteiger partial charge on any atom is -0.462 e. The summed E-state index contributed by atoms with van der Waals surface area (Å²) in [6, 6.07) is 0. The molecule has 0 fully saturated rings. The average Bonchev–Trinajstić information content (AvgIpc) is 3.25. The van der Waals surface area contributed by atoms with Crippen LogP contribution in [0.1, 0.15) is 265 Å². The van der Waals surface area contributed by atoms with Crippen molar-refractivity contribution in [2.24, 2.45) is 0 Å². The Hall–Kier alpha value is -2.14. The second-order valence-electron chi connectivity index (χ2n) is 17.4. The van der Waals surface area contributed by atoms with Gasteiger partial charge >= 0.3 is 11.9 Å². The smallest absolute Gasteiger partial charge is 0.306 e. The van der Waals surface area contributed by atoms with E-state index < -0.39 is 6.10 Å². The first-order chi connectivity index (χ1) is 29.6. The fourth-order valence-electron chi connectivity index (χ4n) is 7.41. The van der Waals surface area contributed by atoms with E-state index in [-0.39, 0.29) is 25.2 Å². The van der Waals surface area contributed by atoms with E-state index in [0.717, 1.165) is 77.0 Å². The number of esters is 2. The third-order valence-electron chi connectivity index (χ3n) is 11.3. The highest BCUT2D eigenvalue weighted by Gasteiger charge is 2.17. The highest BCUT2D eigenvalue weighted by atomic mass is 16.6. The molecule has 0 aliphatic rings. The van der Waals surface area contributed by atoms with Gasteiger partial charge in [-0.25, -0.2) is 0 Å². The second kappa shape index (κ2) is 51.2. The topological polar surface area (TPSA) is 61.8 Å². The zero-order valence-electron chi connectivity index (χ0n) is 40.2. The molecule has 0 radical (unpaired) electrons. The van der Waals surface area contributed by atoms with Gasteiger partial charge < -0.3 is 14.2 Å². The van der Waals surface area contributed by atoms with Crippen molar-refractivity contribution in [3.05, 3.63) is 48.6 Å². The van der Waals surface area contributed by atoms with Crippen molar-refractivity contribution in [2.75, 3.05) is 19.8 Å². The molecule has 0 aromatic carbocycles. The van der Waals surface area contributed by atoms with Crippen LogP contribution in [0.4, 0.5) is 0 Å². The van der Waals surface area contributed by atoms with Crippen LogP contribution < -0.4 is 0 Å². The molecule has 0 spiro atoms. The lowest BCUT2D eigenvalue weighted by molar-refractivity contribution is -0.163. The Kier molecular flexibility index (Phi) is 49.4. The summed E-state index contributed by atoms with van der Waals surface area (Å²) >= 11 is 0. The van der Waals surface area contributed by atoms with Gasteiger partial charge in [-0.05, 0) is 70.6 Å². The van der Waals surface area contributed by atoms with Gasteiger partial charge in [-0.1, -0.05) is 230 Å². The molecular weight excluding hydrogens is 741 g/mol. The molecule has 0 amide bonds. The molecule has 0 saturated carbocycles. The maximum absolute atomic E-state index is 12.8. The molecule has 5 nitrogen and oxygen atoms in total. The highest BCUT2D eigenvalue weighted by molar-refractivity contribution is 5.70. The van der Waals surface area contributed by atoms with Crippen LogP contribution in [-0.2, 0) is 23.8 Å². The SMILES string of the molecule is CCC/C=C\C/C=C\CCCCCCCC(=O)OCC(COCCCCCCCCCCCCCCCCCCCC)OC(=O)CCCCCCC/C=C\C/C=C\CCC. The monoisotopic (exact) mass is 841 g/mol. The van der Waals surface area contributed by atoms with Crippen molar-refractivity contribution in [3.8, 4) is 0 Å². The molecule has 0 aromatic heterocycles. The van der Waals surface area contributed by atoms with E-state index in [4.69, 9.17) is 14.2 Å². The van der Waals surface area contributed by atoms with E-state index in [1.807, 2.05) is 0 Å². The molecule has 0 rings (SSSR count). The normalized spacial score (nSPS) is 12.5. The van der Waals surface area contributed by atoms with Gasteiger partial charge in [-0.15, -0.1) is 0 Å². The van der Waals surface area contributed by atoms with Gasteiger partial charge in [0.05, 0.1) is 6.61 Å². The second-order valence-corrected chi connectivity index (χ2v) is 17.4. The zero-order valence-corrected chi connectivity index (χ0v) is 40.2. The quantitative estimate of drug-likeness (QED) is 0.0347. The minimum atomic E-state index is -0.546. The lowest BCUT2D eigenvalue weighted by atomic mass is 10.0. The largest absolute Gasteiger partial charge is 0.462 e. The number of hydrogen-bond acceptors (Lipinski definition) is 5. The van der Waals surface area contributed by atoms with Crippen LogP contribution in [0.15, 0.2) is 48.6 Å². The molecule has 1 atom stereocenters. The molecule has 0 saturated heterocycles. The third kappa shape index (κ3) is 48.5. The van der Waals surface area contributed by atoms with Crippen molar-refractivity contribution >= 4 is 11.9 Å². The number of unbranched alkanes of at least 4 members (excludes halogenated alkanes) is 29. The van der Waals surface area contributed by atoms with Gasteiger partial charge in [0, 0.05) is 19.4 Å². The van der Waals surface area contributed by atoms with Crippen LogP contribution in [0, 0.1) is 0 Å². The van der Waals surface area contributed by atoms with Crippen LogP contribution in [0.2, 0.25) is 0 Å². The third-order valence-corrected chi connectivity index (χ3v) is 11.3. The summed E-state index contributed by atoms with van der Waals surface area (Å²) in [6.07, 6.45) is 62.6. The van der Waals surface area contributed by atoms with Gasteiger partial charge in [-0.2, -0.15) is 0 Å². The lowest BCUT2D eigenvalue weighted by Crippen LogP contribution is -2.30. The van der Waals surface area contributed by atoms with Crippen molar-refractivity contribution in [3.63, 3.8) is 0 Å². The summed E-state index contributed by atoms with van der Waals surface area (Å²) in [7, 11) is 0. The number of ether oxygens (including phenoxy) is 3. The Labute approximate surface area is 373 Å². The zero-order chi connectivity index (χ0) is 43.5. The molecule has 0 aliphatic heterocycles. The van der Waals surface area contributed by atoms with Gasteiger partial charge in [-0.3, -0.25) is 9.59 Å². The first-order valence-corrected chi connectivity index (χ1v) is 26.2. The van der Waals surface area contributed by atoms with E-state index in [1.54, 1.807) is 0 Å². The summed E-state index contributed by atoms with van der Waals surface area (Å²) in [5.74, 6) is -0.420. The number of hydrogen-bond donors (Lipinski definition) is 0. The molecule has 0 bridgehead atoms. The van der Waals surface area contributed by atoms with Gasteiger partial charge in [0.15, 0.2) is 6.10 Å². The minimum absolute atomic E-state index is 0.0750. The molecule has 0 N–H and O–H groups in total. The Bertz CT molecular complexity index is 997. The van der Waals surface area contributed by atoms with E-state index in [0.29, 0.717) is 19.4 Å². The highest BCUT2D eigenvalue weighted by Crippen LogP contribution is 2.15. The Balaban J connectivity index is 4.24. The van der Waals surface area contributed by atoms with Crippen LogP contribution in [0.5, 0.6) is 0 Å².